The highest BCUT2D eigenvalue weighted by Crippen LogP contribution is 2.31. The van der Waals surface area contributed by atoms with E-state index in [0.29, 0.717) is 34.5 Å². The van der Waals surface area contributed by atoms with Crippen LogP contribution >= 0.6 is 11.6 Å². The fraction of sp³-hybridized carbons (Fsp3) is 0.176. The number of nitro benzene ring substituents is 1. The van der Waals surface area contributed by atoms with Gasteiger partial charge in [-0.05, 0) is 30.3 Å². The predicted molar refractivity (Wildman–Crippen MR) is 98.3 cm³/mol. The minimum Gasteiger partial charge on any atom is -0.493 e. The molecule has 0 aliphatic rings. The average molecular weight is 391 g/mol. The maximum absolute atomic E-state index is 10.9. The minimum atomic E-state index is -0.546. The number of benzene rings is 2. The van der Waals surface area contributed by atoms with E-state index in [1.165, 1.54) is 12.1 Å². The number of nitrogens with one attached hydrogen (secondary N) is 1. The first-order valence-corrected chi connectivity index (χ1v) is 8.12. The van der Waals surface area contributed by atoms with Gasteiger partial charge in [0, 0.05) is 17.3 Å². The number of nitro groups is 1. The zero-order valence-electron chi connectivity index (χ0n) is 14.4. The van der Waals surface area contributed by atoms with E-state index < -0.39 is 4.92 Å². The van der Waals surface area contributed by atoms with Gasteiger partial charge in [-0.2, -0.15) is 4.98 Å². The molecule has 0 atom stereocenters. The van der Waals surface area contributed by atoms with Crippen LogP contribution < -0.4 is 14.8 Å². The lowest BCUT2D eigenvalue weighted by Crippen LogP contribution is -2.00. The maximum atomic E-state index is 10.9. The number of methoxy groups -OCH3 is 2. The van der Waals surface area contributed by atoms with Crippen LogP contribution in [0.5, 0.6) is 11.5 Å². The van der Waals surface area contributed by atoms with E-state index in [4.69, 9.17) is 25.6 Å². The molecule has 1 aromatic heterocycles. The SMILES string of the molecule is COc1ccc(-c2noc(CNc3ccc(Cl)c([N+](=O)[O-])c3)n2)cc1OC. The summed E-state index contributed by atoms with van der Waals surface area (Å²) in [6.45, 7) is 0.194. The smallest absolute Gasteiger partial charge is 0.289 e. The average Bonchev–Trinajstić information content (AvgIpc) is 3.15. The Morgan fingerprint density at radius 2 is 1.96 bits per heavy atom. The lowest BCUT2D eigenvalue weighted by Gasteiger charge is -2.07. The Hall–Kier alpha value is -3.33. The molecule has 0 spiro atoms. The van der Waals surface area contributed by atoms with E-state index in [0.717, 1.165) is 0 Å². The van der Waals surface area contributed by atoms with Crippen LogP contribution in [-0.2, 0) is 6.54 Å². The summed E-state index contributed by atoms with van der Waals surface area (Å²) in [5.74, 6) is 1.84. The summed E-state index contributed by atoms with van der Waals surface area (Å²) in [5, 5.41) is 17.9. The van der Waals surface area contributed by atoms with E-state index in [1.54, 1.807) is 38.5 Å². The van der Waals surface area contributed by atoms with Crippen molar-refractivity contribution in [2.24, 2.45) is 0 Å². The molecule has 0 unspecified atom stereocenters. The van der Waals surface area contributed by atoms with Gasteiger partial charge in [-0.1, -0.05) is 16.8 Å². The molecule has 1 heterocycles. The lowest BCUT2D eigenvalue weighted by molar-refractivity contribution is -0.384. The van der Waals surface area contributed by atoms with Crippen molar-refractivity contribution in [2.75, 3.05) is 19.5 Å². The van der Waals surface area contributed by atoms with Crippen molar-refractivity contribution in [3.8, 4) is 22.9 Å². The molecule has 1 N–H and O–H groups in total. The van der Waals surface area contributed by atoms with Crippen LogP contribution in [0.15, 0.2) is 40.9 Å². The quantitative estimate of drug-likeness (QED) is 0.477. The summed E-state index contributed by atoms with van der Waals surface area (Å²) in [5.41, 5.74) is 1.03. The van der Waals surface area contributed by atoms with Crippen LogP contribution in [0.25, 0.3) is 11.4 Å². The number of halogens is 1. The number of ether oxygens (including phenoxy) is 2. The fourth-order valence-electron chi connectivity index (χ4n) is 2.36. The van der Waals surface area contributed by atoms with Crippen LogP contribution in [0.2, 0.25) is 5.02 Å². The van der Waals surface area contributed by atoms with Gasteiger partial charge in [-0.3, -0.25) is 10.1 Å². The van der Waals surface area contributed by atoms with Crippen molar-refractivity contribution in [2.45, 2.75) is 6.54 Å². The Bertz CT molecular complexity index is 976. The van der Waals surface area contributed by atoms with Gasteiger partial charge in [0.05, 0.1) is 25.7 Å². The lowest BCUT2D eigenvalue weighted by atomic mass is 10.2. The molecule has 0 saturated heterocycles. The van der Waals surface area contributed by atoms with Gasteiger partial charge in [0.2, 0.25) is 11.7 Å². The van der Waals surface area contributed by atoms with E-state index in [2.05, 4.69) is 15.5 Å². The van der Waals surface area contributed by atoms with Gasteiger partial charge in [-0.15, -0.1) is 0 Å². The Morgan fingerprint density at radius 1 is 1.19 bits per heavy atom. The zero-order chi connectivity index (χ0) is 19.4. The first kappa shape index (κ1) is 18.5. The molecule has 9 nitrogen and oxygen atoms in total. The van der Waals surface area contributed by atoms with Crippen molar-refractivity contribution < 1.29 is 18.9 Å². The monoisotopic (exact) mass is 390 g/mol. The van der Waals surface area contributed by atoms with E-state index in [-0.39, 0.29) is 17.3 Å². The van der Waals surface area contributed by atoms with Gasteiger partial charge in [0.25, 0.3) is 5.69 Å². The highest BCUT2D eigenvalue weighted by atomic mass is 35.5. The van der Waals surface area contributed by atoms with Crippen LogP contribution in [0.4, 0.5) is 11.4 Å². The molecule has 0 radical (unpaired) electrons. The van der Waals surface area contributed by atoms with E-state index >= 15 is 0 Å². The van der Waals surface area contributed by atoms with Gasteiger partial charge >= 0.3 is 0 Å². The summed E-state index contributed by atoms with van der Waals surface area (Å²) in [7, 11) is 3.09. The second kappa shape index (κ2) is 7.92. The third-order valence-electron chi connectivity index (χ3n) is 3.70. The van der Waals surface area contributed by atoms with E-state index in [1.807, 2.05) is 0 Å². The molecule has 3 rings (SSSR count). The topological polar surface area (TPSA) is 113 Å². The Kier molecular flexibility index (Phi) is 5.41. The van der Waals surface area contributed by atoms with Gasteiger partial charge < -0.3 is 19.3 Å². The first-order valence-electron chi connectivity index (χ1n) is 7.74. The van der Waals surface area contributed by atoms with Crippen LogP contribution in [0, 0.1) is 10.1 Å². The standard InChI is InChI=1S/C17H15ClN4O5/c1-25-14-6-3-10(7-15(14)26-2)17-20-16(27-21-17)9-19-11-4-5-12(18)13(8-11)22(23)24/h3-8,19H,9H2,1-2H3. The normalized spacial score (nSPS) is 10.5. The van der Waals surface area contributed by atoms with Crippen molar-refractivity contribution >= 4 is 23.0 Å². The first-order chi connectivity index (χ1) is 13.0. The Balaban J connectivity index is 1.73. The molecule has 0 saturated carbocycles. The molecule has 10 heteroatoms. The Labute approximate surface area is 159 Å². The number of aromatic nitrogens is 2. The molecular weight excluding hydrogens is 376 g/mol. The van der Waals surface area contributed by atoms with E-state index in [9.17, 15) is 10.1 Å². The van der Waals surface area contributed by atoms with Gasteiger partial charge in [-0.25, -0.2) is 0 Å². The largest absolute Gasteiger partial charge is 0.493 e. The number of hydrogen-bond acceptors (Lipinski definition) is 8. The minimum absolute atomic E-state index is 0.0686. The summed E-state index contributed by atoms with van der Waals surface area (Å²) in [6.07, 6.45) is 0. The van der Waals surface area contributed by atoms with Crippen molar-refractivity contribution in [1.29, 1.82) is 0 Å². The summed E-state index contributed by atoms with van der Waals surface area (Å²) in [4.78, 5) is 14.7. The third-order valence-corrected chi connectivity index (χ3v) is 4.02. The highest BCUT2D eigenvalue weighted by molar-refractivity contribution is 6.32. The van der Waals surface area contributed by atoms with Crippen LogP contribution in [0.3, 0.4) is 0 Å². The second-order valence-electron chi connectivity index (χ2n) is 5.36. The molecule has 0 amide bonds. The predicted octanol–water partition coefficient (Wildman–Crippen LogP) is 3.93. The highest BCUT2D eigenvalue weighted by Gasteiger charge is 2.14. The molecule has 0 aliphatic heterocycles. The molecule has 27 heavy (non-hydrogen) atoms. The van der Waals surface area contributed by atoms with Gasteiger partial charge in [0.15, 0.2) is 11.5 Å². The fourth-order valence-corrected chi connectivity index (χ4v) is 2.55. The molecule has 0 fully saturated rings. The molecular formula is C17H15ClN4O5. The summed E-state index contributed by atoms with van der Waals surface area (Å²) >= 11 is 5.80. The number of hydrogen-bond donors (Lipinski definition) is 1. The molecule has 2 aromatic carbocycles. The molecule has 3 aromatic rings. The Morgan fingerprint density at radius 3 is 2.67 bits per heavy atom. The number of rotatable bonds is 7. The molecule has 0 aliphatic carbocycles. The maximum Gasteiger partial charge on any atom is 0.289 e. The zero-order valence-corrected chi connectivity index (χ0v) is 15.2. The number of nitrogens with zero attached hydrogens (tertiary/aromatic N) is 3. The summed E-state index contributed by atoms with van der Waals surface area (Å²) in [6, 6.07) is 9.69. The second-order valence-corrected chi connectivity index (χ2v) is 5.77. The third kappa shape index (κ3) is 4.09. The van der Waals surface area contributed by atoms with Crippen LogP contribution in [0.1, 0.15) is 5.89 Å². The van der Waals surface area contributed by atoms with Crippen molar-refractivity contribution in [3.05, 3.63) is 57.4 Å². The van der Waals surface area contributed by atoms with Crippen molar-refractivity contribution in [1.82, 2.24) is 10.1 Å². The van der Waals surface area contributed by atoms with Crippen LogP contribution in [-0.4, -0.2) is 29.3 Å². The van der Waals surface area contributed by atoms with Crippen molar-refractivity contribution in [3.63, 3.8) is 0 Å². The molecule has 0 bridgehead atoms. The summed E-state index contributed by atoms with van der Waals surface area (Å²) < 4.78 is 15.7. The number of anilines is 1. The molecule has 140 valence electrons. The van der Waals surface area contributed by atoms with Gasteiger partial charge in [0.1, 0.15) is 5.02 Å².